The number of benzene rings is 2. The Morgan fingerprint density at radius 3 is 2.38 bits per heavy atom. The van der Waals surface area contributed by atoms with Gasteiger partial charge in [-0.25, -0.2) is 10.4 Å². The van der Waals surface area contributed by atoms with Gasteiger partial charge in [0.25, 0.3) is 5.91 Å². The first-order valence-electron chi connectivity index (χ1n) is 7.36. The summed E-state index contributed by atoms with van der Waals surface area (Å²) < 4.78 is 1.91. The summed E-state index contributed by atoms with van der Waals surface area (Å²) in [6.45, 7) is 1.82. The first-order chi connectivity index (χ1) is 11.6. The zero-order chi connectivity index (χ0) is 16.9. The number of nitrogens with zero attached hydrogens (tertiary/aromatic N) is 3. The van der Waals surface area contributed by atoms with Crippen LogP contribution >= 0.6 is 0 Å². The fourth-order valence-electron chi connectivity index (χ4n) is 2.16. The van der Waals surface area contributed by atoms with Crippen LogP contribution in [0.15, 0.2) is 72.4 Å². The Morgan fingerprint density at radius 2 is 1.75 bits per heavy atom. The molecule has 0 bridgehead atoms. The summed E-state index contributed by atoms with van der Waals surface area (Å²) in [6, 6.07) is 13.8. The average Bonchev–Trinajstić information content (AvgIpc) is 3.15. The van der Waals surface area contributed by atoms with Crippen LogP contribution in [-0.2, 0) is 0 Å². The van der Waals surface area contributed by atoms with Crippen molar-refractivity contribution in [1.82, 2.24) is 15.0 Å². The second-order valence-electron chi connectivity index (χ2n) is 5.20. The maximum absolute atomic E-state index is 12.0. The molecule has 2 aromatic carbocycles. The van der Waals surface area contributed by atoms with Gasteiger partial charge in [-0.05, 0) is 48.9 Å². The van der Waals surface area contributed by atoms with E-state index >= 15 is 0 Å². The van der Waals surface area contributed by atoms with Crippen LogP contribution in [0.4, 0.5) is 0 Å². The second-order valence-corrected chi connectivity index (χ2v) is 5.20. The molecule has 1 amide bonds. The summed E-state index contributed by atoms with van der Waals surface area (Å²) in [5.41, 5.74) is 5.54. The molecule has 0 aliphatic carbocycles. The summed E-state index contributed by atoms with van der Waals surface area (Å²) in [5, 5.41) is 13.4. The van der Waals surface area contributed by atoms with Gasteiger partial charge in [-0.15, -0.1) is 0 Å². The van der Waals surface area contributed by atoms with Crippen molar-refractivity contribution in [3.05, 3.63) is 78.4 Å². The number of hydrogen-bond acceptors (Lipinski definition) is 4. The molecule has 3 aromatic rings. The van der Waals surface area contributed by atoms with Crippen LogP contribution in [0, 0.1) is 0 Å². The van der Waals surface area contributed by atoms with Crippen molar-refractivity contribution in [1.29, 1.82) is 0 Å². The van der Waals surface area contributed by atoms with Gasteiger partial charge in [0.05, 0.1) is 12.0 Å². The van der Waals surface area contributed by atoms with Crippen LogP contribution in [0.1, 0.15) is 22.8 Å². The number of imidazole rings is 1. The molecule has 0 aliphatic heterocycles. The molecule has 24 heavy (non-hydrogen) atoms. The van der Waals surface area contributed by atoms with Gasteiger partial charge in [0.2, 0.25) is 0 Å². The molecule has 0 fully saturated rings. The Morgan fingerprint density at radius 1 is 1.08 bits per heavy atom. The first-order valence-corrected chi connectivity index (χ1v) is 7.36. The van der Waals surface area contributed by atoms with Crippen molar-refractivity contribution in [3.8, 4) is 11.4 Å². The number of nitrogens with one attached hydrogen (secondary N) is 1. The maximum Gasteiger partial charge on any atom is 0.271 e. The number of aromatic nitrogens is 2. The molecular formula is C18H16N4O2. The van der Waals surface area contributed by atoms with E-state index in [0.29, 0.717) is 11.3 Å². The van der Waals surface area contributed by atoms with E-state index in [0.717, 1.165) is 11.3 Å². The average molecular weight is 320 g/mol. The number of amides is 1. The minimum Gasteiger partial charge on any atom is -0.508 e. The third-order valence-electron chi connectivity index (χ3n) is 3.54. The van der Waals surface area contributed by atoms with Crippen LogP contribution in [0.25, 0.3) is 5.69 Å². The lowest BCUT2D eigenvalue weighted by molar-refractivity contribution is 0.0955. The predicted octanol–water partition coefficient (Wildman–Crippen LogP) is 2.73. The Bertz CT molecular complexity index is 851. The van der Waals surface area contributed by atoms with E-state index in [9.17, 15) is 9.90 Å². The minimum absolute atomic E-state index is 0.115. The highest BCUT2D eigenvalue weighted by atomic mass is 16.3. The van der Waals surface area contributed by atoms with Crippen molar-refractivity contribution in [3.63, 3.8) is 0 Å². The Kier molecular flexibility index (Phi) is 4.38. The molecule has 2 N–H and O–H groups in total. The van der Waals surface area contributed by atoms with Crippen LogP contribution in [0.3, 0.4) is 0 Å². The first kappa shape index (κ1) is 15.5. The third-order valence-corrected chi connectivity index (χ3v) is 3.54. The number of phenolic OH excluding ortho intramolecular Hbond substituents is 1. The molecule has 3 rings (SSSR count). The van der Waals surface area contributed by atoms with E-state index in [2.05, 4.69) is 15.5 Å². The van der Waals surface area contributed by atoms with E-state index in [1.54, 1.807) is 12.5 Å². The predicted molar refractivity (Wildman–Crippen MR) is 91.3 cm³/mol. The highest BCUT2D eigenvalue weighted by Crippen LogP contribution is 2.11. The van der Waals surface area contributed by atoms with Crippen LogP contribution < -0.4 is 5.43 Å². The molecule has 0 atom stereocenters. The SMILES string of the molecule is C/C(=N\NC(=O)c1ccc(O)cc1)c1ccc(-n2ccnc2)cc1. The van der Waals surface area contributed by atoms with Gasteiger partial charge in [-0.3, -0.25) is 4.79 Å². The van der Waals surface area contributed by atoms with Gasteiger partial charge in [-0.2, -0.15) is 5.10 Å². The summed E-state index contributed by atoms with van der Waals surface area (Å²) in [7, 11) is 0. The van der Waals surface area contributed by atoms with Gasteiger partial charge < -0.3 is 9.67 Å². The molecule has 0 spiro atoms. The maximum atomic E-state index is 12.0. The van der Waals surface area contributed by atoms with Crippen molar-refractivity contribution < 1.29 is 9.90 Å². The number of rotatable bonds is 4. The summed E-state index contributed by atoms with van der Waals surface area (Å²) in [4.78, 5) is 16.0. The number of phenols is 1. The Balaban J connectivity index is 1.69. The molecule has 0 unspecified atom stereocenters. The smallest absolute Gasteiger partial charge is 0.271 e. The zero-order valence-corrected chi connectivity index (χ0v) is 13.0. The van der Waals surface area contributed by atoms with Gasteiger partial charge in [-0.1, -0.05) is 12.1 Å². The van der Waals surface area contributed by atoms with Gasteiger partial charge in [0.1, 0.15) is 5.75 Å². The minimum atomic E-state index is -0.329. The van der Waals surface area contributed by atoms with Crippen LogP contribution in [-0.4, -0.2) is 26.3 Å². The fourth-order valence-corrected chi connectivity index (χ4v) is 2.16. The third kappa shape index (κ3) is 3.49. The van der Waals surface area contributed by atoms with Crippen molar-refractivity contribution in [2.45, 2.75) is 6.92 Å². The van der Waals surface area contributed by atoms with Gasteiger partial charge in [0.15, 0.2) is 0 Å². The molecule has 1 heterocycles. The van der Waals surface area contributed by atoms with Crippen LogP contribution in [0.2, 0.25) is 0 Å². The van der Waals surface area contributed by atoms with E-state index in [1.807, 2.05) is 42.0 Å². The highest BCUT2D eigenvalue weighted by Gasteiger charge is 2.05. The Labute approximate surface area is 139 Å². The second kappa shape index (κ2) is 6.78. The molecular weight excluding hydrogens is 304 g/mol. The van der Waals surface area contributed by atoms with Gasteiger partial charge >= 0.3 is 0 Å². The molecule has 0 saturated heterocycles. The van der Waals surface area contributed by atoms with Gasteiger partial charge in [0, 0.05) is 23.6 Å². The molecule has 6 nitrogen and oxygen atoms in total. The number of hydrogen-bond donors (Lipinski definition) is 2. The fraction of sp³-hybridized carbons (Fsp3) is 0.0556. The quantitative estimate of drug-likeness (QED) is 0.573. The standard InChI is InChI=1S/C18H16N4O2/c1-13(20-21-18(24)15-4-8-17(23)9-5-15)14-2-6-16(7-3-14)22-11-10-19-12-22/h2-12,23H,1H3,(H,21,24)/b20-13+. The summed E-state index contributed by atoms with van der Waals surface area (Å²) >= 11 is 0. The van der Waals surface area contributed by atoms with Crippen molar-refractivity contribution in [2.24, 2.45) is 5.10 Å². The molecule has 120 valence electrons. The normalized spacial score (nSPS) is 11.3. The van der Waals surface area contributed by atoms with E-state index in [-0.39, 0.29) is 11.7 Å². The lowest BCUT2D eigenvalue weighted by Crippen LogP contribution is -2.19. The molecule has 6 heteroatoms. The monoisotopic (exact) mass is 320 g/mol. The van der Waals surface area contributed by atoms with E-state index < -0.39 is 0 Å². The molecule has 0 aliphatic rings. The number of carbonyl (C=O) groups excluding carboxylic acids is 1. The zero-order valence-electron chi connectivity index (χ0n) is 13.0. The van der Waals surface area contributed by atoms with Crippen molar-refractivity contribution >= 4 is 11.6 Å². The number of hydrazone groups is 1. The lowest BCUT2D eigenvalue weighted by atomic mass is 10.1. The largest absolute Gasteiger partial charge is 0.508 e. The van der Waals surface area contributed by atoms with E-state index in [1.165, 1.54) is 24.3 Å². The molecule has 0 saturated carbocycles. The summed E-state index contributed by atoms with van der Waals surface area (Å²) in [6.07, 6.45) is 5.32. The highest BCUT2D eigenvalue weighted by molar-refractivity contribution is 6.01. The lowest BCUT2D eigenvalue weighted by Gasteiger charge is -2.05. The van der Waals surface area contributed by atoms with Crippen molar-refractivity contribution in [2.75, 3.05) is 0 Å². The van der Waals surface area contributed by atoms with Crippen LogP contribution in [0.5, 0.6) is 5.75 Å². The summed E-state index contributed by atoms with van der Waals surface area (Å²) in [5.74, 6) is -0.214. The van der Waals surface area contributed by atoms with E-state index in [4.69, 9.17) is 0 Å². The number of aromatic hydroxyl groups is 1. The molecule has 1 aromatic heterocycles. The topological polar surface area (TPSA) is 79.5 Å². The number of carbonyl (C=O) groups is 1. The molecule has 0 radical (unpaired) electrons. The Hall–Kier alpha value is -3.41.